The molecule has 0 aliphatic rings. The molecule has 1 aromatic heterocycles. The van der Waals surface area contributed by atoms with Crippen LogP contribution in [0.5, 0.6) is 5.75 Å². The Morgan fingerprint density at radius 1 is 1.07 bits per heavy atom. The third-order valence-electron chi connectivity index (χ3n) is 3.88. The Morgan fingerprint density at radius 2 is 1.81 bits per heavy atom. The lowest BCUT2D eigenvalue weighted by Crippen LogP contribution is -2.31. The largest absolute Gasteiger partial charge is 0.493 e. The molecule has 0 aliphatic heterocycles. The molecule has 27 heavy (non-hydrogen) atoms. The number of carbonyl (C=O) groups excluding carboxylic acids is 1. The van der Waals surface area contributed by atoms with Crippen molar-refractivity contribution in [2.45, 2.75) is 13.5 Å². The predicted octanol–water partition coefficient (Wildman–Crippen LogP) is 5.85. The van der Waals surface area contributed by atoms with Crippen molar-refractivity contribution in [1.29, 1.82) is 0 Å². The minimum atomic E-state index is -0.136. The molecular weight excluding hydrogens is 472 g/mol. The van der Waals surface area contributed by atoms with Crippen molar-refractivity contribution < 1.29 is 9.53 Å². The van der Waals surface area contributed by atoms with Gasteiger partial charge in [-0.1, -0.05) is 44.0 Å². The molecule has 1 heterocycles. The van der Waals surface area contributed by atoms with Gasteiger partial charge < -0.3 is 9.64 Å². The Bertz CT molecular complexity index is 912. The van der Waals surface area contributed by atoms with Crippen LogP contribution in [0.25, 0.3) is 0 Å². The lowest BCUT2D eigenvalue weighted by Gasteiger charge is -2.24. The summed E-state index contributed by atoms with van der Waals surface area (Å²) in [6, 6.07) is 17.0. The van der Waals surface area contributed by atoms with Crippen molar-refractivity contribution in [1.82, 2.24) is 4.98 Å². The zero-order valence-corrected chi connectivity index (χ0v) is 17.9. The van der Waals surface area contributed by atoms with Crippen molar-refractivity contribution in [3.05, 3.63) is 87.1 Å². The van der Waals surface area contributed by atoms with E-state index in [2.05, 4.69) is 36.8 Å². The van der Waals surface area contributed by atoms with Crippen LogP contribution >= 0.6 is 31.9 Å². The van der Waals surface area contributed by atoms with E-state index in [4.69, 9.17) is 4.74 Å². The number of pyridine rings is 1. The van der Waals surface area contributed by atoms with Gasteiger partial charge >= 0.3 is 0 Å². The number of halogens is 2. The van der Waals surface area contributed by atoms with Crippen LogP contribution in [-0.2, 0) is 6.54 Å². The predicted molar refractivity (Wildman–Crippen MR) is 114 cm³/mol. The van der Waals surface area contributed by atoms with Gasteiger partial charge in [0, 0.05) is 15.1 Å². The van der Waals surface area contributed by atoms with Crippen molar-refractivity contribution in [3.8, 4) is 5.75 Å². The molecule has 0 unspecified atom stereocenters. The second kappa shape index (κ2) is 9.15. The fourth-order valence-corrected chi connectivity index (χ4v) is 4.14. The molecule has 3 rings (SSSR count). The van der Waals surface area contributed by atoms with E-state index in [1.54, 1.807) is 23.4 Å². The SMILES string of the molecule is CCOc1ccccc1C(=O)N(Cc1cc(Br)cc(Br)c1)c1cccnc1. The highest BCUT2D eigenvalue weighted by Gasteiger charge is 2.22. The molecule has 0 N–H and O–H groups in total. The first kappa shape index (κ1) is 19.6. The Balaban J connectivity index is 2.01. The Hall–Kier alpha value is -2.18. The Labute approximate surface area is 175 Å². The topological polar surface area (TPSA) is 42.4 Å². The van der Waals surface area contributed by atoms with Gasteiger partial charge in [0.15, 0.2) is 0 Å². The van der Waals surface area contributed by atoms with Crippen LogP contribution in [0.3, 0.4) is 0 Å². The average Bonchev–Trinajstić information content (AvgIpc) is 2.66. The maximum Gasteiger partial charge on any atom is 0.262 e. The zero-order chi connectivity index (χ0) is 19.2. The number of ether oxygens (including phenoxy) is 1. The summed E-state index contributed by atoms with van der Waals surface area (Å²) < 4.78 is 7.54. The molecule has 138 valence electrons. The first-order chi connectivity index (χ1) is 13.1. The molecule has 6 heteroatoms. The number of nitrogens with zero attached hydrogens (tertiary/aromatic N) is 2. The van der Waals surface area contributed by atoms with Gasteiger partial charge in [0.1, 0.15) is 5.75 Å². The maximum absolute atomic E-state index is 13.4. The summed E-state index contributed by atoms with van der Waals surface area (Å²) in [5, 5.41) is 0. The highest BCUT2D eigenvalue weighted by atomic mass is 79.9. The first-order valence-corrected chi connectivity index (χ1v) is 10.1. The molecule has 2 aromatic carbocycles. The zero-order valence-electron chi connectivity index (χ0n) is 14.7. The monoisotopic (exact) mass is 488 g/mol. The van der Waals surface area contributed by atoms with Crippen LogP contribution in [0, 0.1) is 0 Å². The van der Waals surface area contributed by atoms with Gasteiger partial charge in [0.25, 0.3) is 5.91 Å². The number of amides is 1. The number of anilines is 1. The summed E-state index contributed by atoms with van der Waals surface area (Å²) in [5.41, 5.74) is 2.24. The van der Waals surface area contributed by atoms with Crippen LogP contribution in [0.4, 0.5) is 5.69 Å². The normalized spacial score (nSPS) is 10.5. The number of carbonyl (C=O) groups is 1. The summed E-state index contributed by atoms with van der Waals surface area (Å²) in [4.78, 5) is 19.3. The summed E-state index contributed by atoms with van der Waals surface area (Å²) in [6.45, 7) is 2.80. The second-order valence-corrected chi connectivity index (χ2v) is 7.64. The Kier molecular flexibility index (Phi) is 6.63. The van der Waals surface area contributed by atoms with Gasteiger partial charge in [-0.2, -0.15) is 0 Å². The molecule has 0 fully saturated rings. The standard InChI is InChI=1S/C21H18Br2N2O2/c1-2-27-20-8-4-3-7-19(20)21(26)25(18-6-5-9-24-13-18)14-15-10-16(22)12-17(23)11-15/h3-13H,2,14H2,1H3. The number of benzene rings is 2. The van der Waals surface area contributed by atoms with Crippen LogP contribution in [-0.4, -0.2) is 17.5 Å². The summed E-state index contributed by atoms with van der Waals surface area (Å²) in [5.74, 6) is 0.442. The van der Waals surface area contributed by atoms with Gasteiger partial charge in [-0.25, -0.2) is 0 Å². The van der Waals surface area contributed by atoms with Crippen LogP contribution in [0.15, 0.2) is 75.9 Å². The van der Waals surface area contributed by atoms with Gasteiger partial charge in [-0.05, 0) is 55.0 Å². The maximum atomic E-state index is 13.4. The Morgan fingerprint density at radius 3 is 2.48 bits per heavy atom. The molecular formula is C21H18Br2N2O2. The number of hydrogen-bond acceptors (Lipinski definition) is 3. The lowest BCUT2D eigenvalue weighted by atomic mass is 10.1. The minimum Gasteiger partial charge on any atom is -0.493 e. The third-order valence-corrected chi connectivity index (χ3v) is 4.80. The smallest absolute Gasteiger partial charge is 0.262 e. The summed E-state index contributed by atoms with van der Waals surface area (Å²) >= 11 is 7.01. The van der Waals surface area contributed by atoms with Gasteiger partial charge in [-0.15, -0.1) is 0 Å². The van der Waals surface area contributed by atoms with E-state index in [0.717, 1.165) is 20.2 Å². The molecule has 0 radical (unpaired) electrons. The molecule has 0 saturated heterocycles. The fourth-order valence-electron chi connectivity index (χ4n) is 2.75. The molecule has 1 amide bonds. The molecule has 4 nitrogen and oxygen atoms in total. The van der Waals surface area contributed by atoms with Gasteiger partial charge in [0.05, 0.1) is 30.6 Å². The second-order valence-electron chi connectivity index (χ2n) is 5.81. The van der Waals surface area contributed by atoms with Crippen LogP contribution < -0.4 is 9.64 Å². The van der Waals surface area contributed by atoms with Crippen LogP contribution in [0.2, 0.25) is 0 Å². The average molecular weight is 490 g/mol. The van der Waals surface area contributed by atoms with E-state index >= 15 is 0 Å². The van der Waals surface area contributed by atoms with Crippen molar-refractivity contribution in [2.24, 2.45) is 0 Å². The molecule has 0 spiro atoms. The molecule has 0 bridgehead atoms. The van der Waals surface area contributed by atoms with E-state index < -0.39 is 0 Å². The van der Waals surface area contributed by atoms with E-state index in [-0.39, 0.29) is 5.91 Å². The van der Waals surface area contributed by atoms with E-state index in [9.17, 15) is 4.79 Å². The quantitative estimate of drug-likeness (QED) is 0.436. The van der Waals surface area contributed by atoms with E-state index in [0.29, 0.717) is 24.5 Å². The fraction of sp³-hybridized carbons (Fsp3) is 0.143. The van der Waals surface area contributed by atoms with E-state index in [1.807, 2.05) is 55.5 Å². The minimum absolute atomic E-state index is 0.136. The van der Waals surface area contributed by atoms with Crippen molar-refractivity contribution in [3.63, 3.8) is 0 Å². The number of hydrogen-bond donors (Lipinski definition) is 0. The molecule has 0 atom stereocenters. The molecule has 0 saturated carbocycles. The van der Waals surface area contributed by atoms with Crippen molar-refractivity contribution >= 4 is 43.5 Å². The number of para-hydroxylation sites is 1. The van der Waals surface area contributed by atoms with Gasteiger partial charge in [-0.3, -0.25) is 9.78 Å². The highest BCUT2D eigenvalue weighted by Crippen LogP contribution is 2.27. The molecule has 3 aromatic rings. The van der Waals surface area contributed by atoms with Crippen molar-refractivity contribution in [2.75, 3.05) is 11.5 Å². The first-order valence-electron chi connectivity index (χ1n) is 8.47. The lowest BCUT2D eigenvalue weighted by molar-refractivity contribution is 0.0981. The summed E-state index contributed by atoms with van der Waals surface area (Å²) in [6.07, 6.45) is 3.38. The summed E-state index contributed by atoms with van der Waals surface area (Å²) in [7, 11) is 0. The number of rotatable bonds is 6. The number of aromatic nitrogens is 1. The highest BCUT2D eigenvalue weighted by molar-refractivity contribution is 9.11. The van der Waals surface area contributed by atoms with E-state index in [1.165, 1.54) is 0 Å². The third kappa shape index (κ3) is 4.96. The van der Waals surface area contributed by atoms with Crippen LogP contribution in [0.1, 0.15) is 22.8 Å². The van der Waals surface area contributed by atoms with Gasteiger partial charge in [0.2, 0.25) is 0 Å². The molecule has 0 aliphatic carbocycles.